The van der Waals surface area contributed by atoms with Gasteiger partial charge in [-0.05, 0) is 51.7 Å². The summed E-state index contributed by atoms with van der Waals surface area (Å²) in [4.78, 5) is 2.54. The van der Waals surface area contributed by atoms with E-state index >= 15 is 0 Å². The Balaban J connectivity index is 2.00. The lowest BCUT2D eigenvalue weighted by atomic mass is 9.97. The van der Waals surface area contributed by atoms with Crippen LogP contribution in [0.1, 0.15) is 37.6 Å². The van der Waals surface area contributed by atoms with Crippen LogP contribution in [-0.4, -0.2) is 40.9 Å². The van der Waals surface area contributed by atoms with Crippen molar-refractivity contribution in [1.82, 2.24) is 20.0 Å². The zero-order chi connectivity index (χ0) is 14.5. The van der Waals surface area contributed by atoms with Crippen LogP contribution in [0.3, 0.4) is 0 Å². The fraction of sp³-hybridized carbons (Fsp3) is 0.800. The fourth-order valence-corrected chi connectivity index (χ4v) is 3.26. The van der Waals surface area contributed by atoms with Crippen molar-refractivity contribution in [3.8, 4) is 0 Å². The molecule has 5 heteroatoms. The Hall–Kier alpha value is -0.580. The van der Waals surface area contributed by atoms with Crippen molar-refractivity contribution < 1.29 is 0 Å². The molecule has 4 nitrogen and oxygen atoms in total. The van der Waals surface area contributed by atoms with Gasteiger partial charge in [-0.1, -0.05) is 18.5 Å². The van der Waals surface area contributed by atoms with Crippen LogP contribution in [-0.2, 0) is 13.6 Å². The van der Waals surface area contributed by atoms with E-state index in [1.54, 1.807) is 0 Å². The molecule has 1 N–H and O–H groups in total. The van der Waals surface area contributed by atoms with E-state index in [4.69, 9.17) is 11.6 Å². The molecule has 0 bridgehead atoms. The first-order chi connectivity index (χ1) is 9.61. The minimum atomic E-state index is 0.816. The third kappa shape index (κ3) is 3.96. The Morgan fingerprint density at radius 1 is 1.40 bits per heavy atom. The van der Waals surface area contributed by atoms with Gasteiger partial charge in [0.15, 0.2) is 0 Å². The molecule has 114 valence electrons. The van der Waals surface area contributed by atoms with E-state index in [0.29, 0.717) is 0 Å². The highest BCUT2D eigenvalue weighted by atomic mass is 35.5. The zero-order valence-electron chi connectivity index (χ0n) is 13.0. The highest BCUT2D eigenvalue weighted by Crippen LogP contribution is 2.22. The standard InChI is InChI=1S/C15H27ClN4/c1-4-9-20(10-13-5-7-17-8-6-13)11-14-15(16)12(2)18-19(14)3/h13,17H,4-11H2,1-3H3. The molecule has 2 heterocycles. The van der Waals surface area contributed by atoms with E-state index in [-0.39, 0.29) is 0 Å². The monoisotopic (exact) mass is 298 g/mol. The summed E-state index contributed by atoms with van der Waals surface area (Å²) in [6.45, 7) is 9.76. The van der Waals surface area contributed by atoms with Crippen LogP contribution < -0.4 is 5.32 Å². The third-order valence-corrected chi connectivity index (χ3v) is 4.64. The lowest BCUT2D eigenvalue weighted by Crippen LogP contribution is -2.36. The number of rotatable bonds is 6. The molecular weight excluding hydrogens is 272 g/mol. The van der Waals surface area contributed by atoms with Gasteiger partial charge < -0.3 is 5.32 Å². The highest BCUT2D eigenvalue weighted by molar-refractivity contribution is 6.31. The summed E-state index contributed by atoms with van der Waals surface area (Å²) < 4.78 is 1.93. The van der Waals surface area contributed by atoms with Gasteiger partial charge in [-0.3, -0.25) is 9.58 Å². The lowest BCUT2D eigenvalue weighted by molar-refractivity contribution is 0.195. The minimum Gasteiger partial charge on any atom is -0.317 e. The van der Waals surface area contributed by atoms with Gasteiger partial charge in [0.25, 0.3) is 0 Å². The predicted octanol–water partition coefficient (Wildman–Crippen LogP) is 2.59. The topological polar surface area (TPSA) is 33.1 Å². The fourth-order valence-electron chi connectivity index (χ4n) is 3.04. The summed E-state index contributed by atoms with van der Waals surface area (Å²) in [6, 6.07) is 0. The van der Waals surface area contributed by atoms with Crippen molar-refractivity contribution in [2.45, 2.75) is 39.7 Å². The highest BCUT2D eigenvalue weighted by Gasteiger charge is 2.19. The quantitative estimate of drug-likeness (QED) is 0.876. The van der Waals surface area contributed by atoms with E-state index in [1.165, 1.54) is 25.8 Å². The SMILES string of the molecule is CCCN(Cc1c(Cl)c(C)nn1C)CC1CCNCC1. The Labute approximate surface area is 127 Å². The molecule has 0 saturated carbocycles. The van der Waals surface area contributed by atoms with E-state index < -0.39 is 0 Å². The first-order valence-electron chi connectivity index (χ1n) is 7.72. The van der Waals surface area contributed by atoms with Crippen molar-refractivity contribution in [3.05, 3.63) is 16.4 Å². The van der Waals surface area contributed by atoms with Crippen LogP contribution in [0.25, 0.3) is 0 Å². The van der Waals surface area contributed by atoms with Gasteiger partial charge in [-0.25, -0.2) is 0 Å². The van der Waals surface area contributed by atoms with Crippen LogP contribution in [0.15, 0.2) is 0 Å². The average molecular weight is 299 g/mol. The number of halogens is 1. The molecule has 0 radical (unpaired) electrons. The number of aromatic nitrogens is 2. The lowest BCUT2D eigenvalue weighted by Gasteiger charge is -2.30. The molecule has 0 aromatic carbocycles. The third-order valence-electron chi connectivity index (χ3n) is 4.15. The van der Waals surface area contributed by atoms with E-state index in [1.807, 2.05) is 18.7 Å². The predicted molar refractivity (Wildman–Crippen MR) is 84.1 cm³/mol. The maximum absolute atomic E-state index is 6.38. The van der Waals surface area contributed by atoms with Crippen molar-refractivity contribution in [2.24, 2.45) is 13.0 Å². The van der Waals surface area contributed by atoms with Crippen LogP contribution in [0.4, 0.5) is 0 Å². The second kappa shape index (κ2) is 7.43. The van der Waals surface area contributed by atoms with Crippen molar-refractivity contribution in [3.63, 3.8) is 0 Å². The molecule has 0 aliphatic carbocycles. The first kappa shape index (κ1) is 15.8. The summed E-state index contributed by atoms with van der Waals surface area (Å²) >= 11 is 6.38. The van der Waals surface area contributed by atoms with Crippen LogP contribution >= 0.6 is 11.6 Å². The molecule has 1 saturated heterocycles. The Morgan fingerprint density at radius 2 is 2.10 bits per heavy atom. The maximum atomic E-state index is 6.38. The second-order valence-electron chi connectivity index (χ2n) is 5.90. The van der Waals surface area contributed by atoms with Gasteiger partial charge in [-0.2, -0.15) is 5.10 Å². The maximum Gasteiger partial charge on any atom is 0.0860 e. The molecule has 1 aromatic heterocycles. The van der Waals surface area contributed by atoms with E-state index in [2.05, 4.69) is 22.2 Å². The van der Waals surface area contributed by atoms with Crippen molar-refractivity contribution in [2.75, 3.05) is 26.2 Å². The molecule has 2 rings (SSSR count). The van der Waals surface area contributed by atoms with Gasteiger partial charge >= 0.3 is 0 Å². The summed E-state index contributed by atoms with van der Waals surface area (Å²) in [7, 11) is 1.99. The summed E-state index contributed by atoms with van der Waals surface area (Å²) in [6.07, 6.45) is 3.76. The molecule has 1 aromatic rings. The number of piperidine rings is 1. The normalized spacial score (nSPS) is 17.1. The van der Waals surface area contributed by atoms with Crippen LogP contribution in [0.2, 0.25) is 5.02 Å². The molecule has 0 spiro atoms. The molecular formula is C15H27ClN4. The number of hydrogen-bond donors (Lipinski definition) is 1. The Kier molecular flexibility index (Phi) is 5.87. The number of hydrogen-bond acceptors (Lipinski definition) is 3. The second-order valence-corrected chi connectivity index (χ2v) is 6.28. The van der Waals surface area contributed by atoms with E-state index in [0.717, 1.165) is 48.5 Å². The van der Waals surface area contributed by atoms with E-state index in [9.17, 15) is 0 Å². The number of nitrogens with zero attached hydrogens (tertiary/aromatic N) is 3. The molecule has 0 amide bonds. The number of nitrogens with one attached hydrogen (secondary N) is 1. The molecule has 0 atom stereocenters. The molecule has 1 fully saturated rings. The Bertz CT molecular complexity index is 424. The average Bonchev–Trinajstić information content (AvgIpc) is 2.67. The smallest absolute Gasteiger partial charge is 0.0860 e. The molecule has 1 aliphatic heterocycles. The van der Waals surface area contributed by atoms with Crippen LogP contribution in [0.5, 0.6) is 0 Å². The Morgan fingerprint density at radius 3 is 2.65 bits per heavy atom. The van der Waals surface area contributed by atoms with Crippen molar-refractivity contribution in [1.29, 1.82) is 0 Å². The largest absolute Gasteiger partial charge is 0.317 e. The van der Waals surface area contributed by atoms with Gasteiger partial charge in [0, 0.05) is 20.1 Å². The van der Waals surface area contributed by atoms with Gasteiger partial charge in [-0.15, -0.1) is 0 Å². The summed E-state index contributed by atoms with van der Waals surface area (Å²) in [5.74, 6) is 0.816. The van der Waals surface area contributed by atoms with Gasteiger partial charge in [0.05, 0.1) is 16.4 Å². The molecule has 1 aliphatic rings. The van der Waals surface area contributed by atoms with Crippen LogP contribution in [0, 0.1) is 12.8 Å². The number of aryl methyl sites for hydroxylation is 2. The molecule has 20 heavy (non-hydrogen) atoms. The zero-order valence-corrected chi connectivity index (χ0v) is 13.7. The molecule has 0 unspecified atom stereocenters. The van der Waals surface area contributed by atoms with Crippen molar-refractivity contribution >= 4 is 11.6 Å². The summed E-state index contributed by atoms with van der Waals surface area (Å²) in [5.41, 5.74) is 2.08. The van der Waals surface area contributed by atoms with Gasteiger partial charge in [0.1, 0.15) is 0 Å². The van der Waals surface area contributed by atoms with Gasteiger partial charge in [0.2, 0.25) is 0 Å². The summed E-state index contributed by atoms with van der Waals surface area (Å²) in [5, 5.41) is 8.69. The minimum absolute atomic E-state index is 0.816. The first-order valence-corrected chi connectivity index (χ1v) is 8.10.